The molecule has 2 rings (SSSR count). The second-order valence-corrected chi connectivity index (χ2v) is 4.26. The zero-order valence-electron chi connectivity index (χ0n) is 5.44. The van der Waals surface area contributed by atoms with Gasteiger partial charge < -0.3 is 4.98 Å². The summed E-state index contributed by atoms with van der Waals surface area (Å²) in [6, 6.07) is 2.02. The van der Waals surface area contributed by atoms with Crippen LogP contribution in [0, 0.1) is 3.57 Å². The molecule has 11 heavy (non-hydrogen) atoms. The first kappa shape index (κ1) is 7.54. The van der Waals surface area contributed by atoms with E-state index in [1.54, 1.807) is 6.20 Å². The number of halogens is 2. The largest absolute Gasteiger partial charge is 0.359 e. The zero-order valence-corrected chi connectivity index (χ0v) is 9.18. The lowest BCUT2D eigenvalue weighted by molar-refractivity contribution is 1.38. The molecular weight excluding hydrogens is 319 g/mol. The Balaban J connectivity index is 2.86. The first-order valence-electron chi connectivity index (χ1n) is 3.05. The Kier molecular flexibility index (Phi) is 1.88. The van der Waals surface area contributed by atoms with E-state index in [0.717, 1.165) is 19.1 Å². The van der Waals surface area contributed by atoms with Gasteiger partial charge in [0.1, 0.15) is 5.52 Å². The van der Waals surface area contributed by atoms with Gasteiger partial charge in [-0.05, 0) is 44.6 Å². The van der Waals surface area contributed by atoms with E-state index in [0.29, 0.717) is 0 Å². The first-order valence-corrected chi connectivity index (χ1v) is 4.92. The van der Waals surface area contributed by atoms with Gasteiger partial charge in [0.25, 0.3) is 0 Å². The summed E-state index contributed by atoms with van der Waals surface area (Å²) in [5, 5.41) is 0. The van der Waals surface area contributed by atoms with Gasteiger partial charge in [-0.3, -0.25) is 4.98 Å². The van der Waals surface area contributed by atoms with Gasteiger partial charge in [-0.15, -0.1) is 0 Å². The minimum atomic E-state index is 1.00. The Bertz CT molecular complexity index is 396. The molecule has 0 saturated carbocycles. The van der Waals surface area contributed by atoms with Gasteiger partial charge >= 0.3 is 0 Å². The fraction of sp³-hybridized carbons (Fsp3) is 0. The molecule has 0 aromatic carbocycles. The molecule has 1 N–H and O–H groups in total. The van der Waals surface area contributed by atoms with Crippen LogP contribution >= 0.6 is 38.5 Å². The molecule has 0 aliphatic rings. The third-order valence-corrected chi connectivity index (χ3v) is 2.69. The Hall–Kier alpha value is -0.100. The molecule has 0 aliphatic carbocycles. The van der Waals surface area contributed by atoms with Gasteiger partial charge in [-0.25, -0.2) is 0 Å². The summed E-state index contributed by atoms with van der Waals surface area (Å²) >= 11 is 5.61. The highest BCUT2D eigenvalue weighted by Crippen LogP contribution is 2.20. The summed E-state index contributed by atoms with van der Waals surface area (Å²) in [4.78, 5) is 7.38. The first-order chi connectivity index (χ1) is 5.27. The molecule has 0 atom stereocenters. The van der Waals surface area contributed by atoms with Gasteiger partial charge in [0.05, 0.1) is 9.09 Å². The number of aromatic nitrogens is 2. The number of nitrogens with zero attached hydrogens (tertiary/aromatic N) is 1. The molecule has 56 valence electrons. The number of pyridine rings is 1. The third kappa shape index (κ3) is 1.29. The molecular formula is C7H4BrIN2. The molecule has 2 nitrogen and oxygen atoms in total. The molecule has 4 heteroatoms. The molecule has 2 heterocycles. The highest BCUT2D eigenvalue weighted by molar-refractivity contribution is 14.1. The van der Waals surface area contributed by atoms with E-state index >= 15 is 0 Å². The van der Waals surface area contributed by atoms with Gasteiger partial charge in [0.2, 0.25) is 0 Å². The van der Waals surface area contributed by atoms with E-state index in [-0.39, 0.29) is 0 Å². The fourth-order valence-electron chi connectivity index (χ4n) is 0.949. The lowest BCUT2D eigenvalue weighted by atomic mass is 10.4. The predicted molar refractivity (Wildman–Crippen MR) is 56.5 cm³/mol. The molecule has 0 radical (unpaired) electrons. The van der Waals surface area contributed by atoms with Crippen molar-refractivity contribution in [3.63, 3.8) is 0 Å². The number of fused-ring (bicyclic) bond motifs is 1. The van der Waals surface area contributed by atoms with Crippen molar-refractivity contribution >= 4 is 49.6 Å². The van der Waals surface area contributed by atoms with Gasteiger partial charge in [0, 0.05) is 16.9 Å². The van der Waals surface area contributed by atoms with Crippen LogP contribution in [0.5, 0.6) is 0 Å². The normalized spacial score (nSPS) is 10.7. The quantitative estimate of drug-likeness (QED) is 0.742. The van der Waals surface area contributed by atoms with Gasteiger partial charge in [0.15, 0.2) is 0 Å². The maximum absolute atomic E-state index is 4.25. The zero-order chi connectivity index (χ0) is 7.84. The van der Waals surface area contributed by atoms with Gasteiger partial charge in [-0.1, -0.05) is 0 Å². The fourth-order valence-corrected chi connectivity index (χ4v) is 1.87. The van der Waals surface area contributed by atoms with Crippen molar-refractivity contribution in [2.24, 2.45) is 0 Å². The molecule has 0 spiro atoms. The maximum Gasteiger partial charge on any atom is 0.101 e. The number of hydrogen-bond acceptors (Lipinski definition) is 1. The molecule has 0 aliphatic heterocycles. The minimum Gasteiger partial charge on any atom is -0.359 e. The van der Waals surface area contributed by atoms with Crippen LogP contribution < -0.4 is 0 Å². The van der Waals surface area contributed by atoms with Crippen molar-refractivity contribution in [2.75, 3.05) is 0 Å². The summed E-state index contributed by atoms with van der Waals surface area (Å²) in [5.41, 5.74) is 2.11. The lowest BCUT2D eigenvalue weighted by Crippen LogP contribution is -1.75. The Morgan fingerprint density at radius 2 is 2.36 bits per heavy atom. The monoisotopic (exact) mass is 322 g/mol. The van der Waals surface area contributed by atoms with Crippen molar-refractivity contribution in [2.45, 2.75) is 0 Å². The Morgan fingerprint density at radius 3 is 3.18 bits per heavy atom. The molecule has 0 bridgehead atoms. The van der Waals surface area contributed by atoms with Crippen molar-refractivity contribution in [3.05, 3.63) is 26.5 Å². The van der Waals surface area contributed by atoms with Gasteiger partial charge in [-0.2, -0.15) is 0 Å². The van der Waals surface area contributed by atoms with Crippen molar-refractivity contribution in [1.29, 1.82) is 0 Å². The smallest absolute Gasteiger partial charge is 0.101 e. The molecule has 2 aromatic heterocycles. The Labute approximate surface area is 85.7 Å². The van der Waals surface area contributed by atoms with E-state index in [2.05, 4.69) is 48.5 Å². The van der Waals surface area contributed by atoms with E-state index in [1.165, 1.54) is 0 Å². The number of aromatic amines is 1. The summed E-state index contributed by atoms with van der Waals surface area (Å²) in [5.74, 6) is 0. The molecule has 0 unspecified atom stereocenters. The SMILES string of the molecule is Brc1cnc2c(I)c[nH]c2c1. The number of hydrogen-bond donors (Lipinski definition) is 1. The average Bonchev–Trinajstić information content (AvgIpc) is 2.32. The van der Waals surface area contributed by atoms with Crippen LogP contribution in [0.2, 0.25) is 0 Å². The van der Waals surface area contributed by atoms with Crippen LogP contribution in [0.1, 0.15) is 0 Å². The van der Waals surface area contributed by atoms with Crippen LogP contribution in [0.15, 0.2) is 22.9 Å². The van der Waals surface area contributed by atoms with Crippen molar-refractivity contribution in [1.82, 2.24) is 9.97 Å². The molecule has 0 fully saturated rings. The second kappa shape index (κ2) is 2.75. The summed E-state index contributed by atoms with van der Waals surface area (Å²) in [7, 11) is 0. The second-order valence-electron chi connectivity index (χ2n) is 2.19. The van der Waals surface area contributed by atoms with E-state index in [4.69, 9.17) is 0 Å². The van der Waals surface area contributed by atoms with E-state index < -0.39 is 0 Å². The minimum absolute atomic E-state index is 1.00. The summed E-state index contributed by atoms with van der Waals surface area (Å²) in [6.07, 6.45) is 3.75. The summed E-state index contributed by atoms with van der Waals surface area (Å²) in [6.45, 7) is 0. The Morgan fingerprint density at radius 1 is 1.55 bits per heavy atom. The number of rotatable bonds is 0. The van der Waals surface area contributed by atoms with Crippen LogP contribution in [-0.2, 0) is 0 Å². The van der Waals surface area contributed by atoms with Crippen molar-refractivity contribution in [3.8, 4) is 0 Å². The summed E-state index contributed by atoms with van der Waals surface area (Å²) < 4.78 is 2.16. The average molecular weight is 323 g/mol. The van der Waals surface area contributed by atoms with E-state index in [1.807, 2.05) is 12.3 Å². The topological polar surface area (TPSA) is 28.7 Å². The highest BCUT2D eigenvalue weighted by atomic mass is 127. The molecule has 0 amide bonds. The van der Waals surface area contributed by atoms with Crippen molar-refractivity contribution < 1.29 is 0 Å². The van der Waals surface area contributed by atoms with Crippen LogP contribution in [0.3, 0.4) is 0 Å². The number of nitrogens with one attached hydrogen (secondary N) is 1. The molecule has 0 saturated heterocycles. The van der Waals surface area contributed by atoms with E-state index in [9.17, 15) is 0 Å². The predicted octanol–water partition coefficient (Wildman–Crippen LogP) is 2.93. The number of H-pyrrole nitrogens is 1. The third-order valence-electron chi connectivity index (χ3n) is 1.43. The van der Waals surface area contributed by atoms with Crippen LogP contribution in [0.25, 0.3) is 11.0 Å². The highest BCUT2D eigenvalue weighted by Gasteiger charge is 2.00. The lowest BCUT2D eigenvalue weighted by Gasteiger charge is -1.89. The standard InChI is InChI=1S/C7H4BrIN2/c8-4-1-6-7(11-2-4)5(9)3-10-6/h1-3,10H. The maximum atomic E-state index is 4.25. The molecule has 2 aromatic rings. The van der Waals surface area contributed by atoms with Crippen LogP contribution in [-0.4, -0.2) is 9.97 Å². The van der Waals surface area contributed by atoms with Crippen LogP contribution in [0.4, 0.5) is 0 Å².